The van der Waals surface area contributed by atoms with Crippen LogP contribution >= 0.6 is 0 Å². The van der Waals surface area contributed by atoms with Crippen LogP contribution in [0.2, 0.25) is 0 Å². The summed E-state index contributed by atoms with van der Waals surface area (Å²) in [5, 5.41) is 12.0. The number of nitrogens with zero attached hydrogens (tertiary/aromatic N) is 2. The van der Waals surface area contributed by atoms with Gasteiger partial charge in [0.1, 0.15) is 0 Å². The van der Waals surface area contributed by atoms with Crippen molar-refractivity contribution in [1.82, 2.24) is 4.90 Å². The number of hydrogen-bond donors (Lipinski definition) is 1. The molecule has 1 aliphatic heterocycles. The Morgan fingerprint density at radius 2 is 1.35 bits per heavy atom. The predicted molar refractivity (Wildman–Crippen MR) is 201 cm³/mol. The number of likely N-dealkylation sites (tertiary alicyclic amines) is 1. The first-order chi connectivity index (χ1) is 24.3. The van der Waals surface area contributed by atoms with Gasteiger partial charge in [-0.15, -0.1) is 0 Å². The fourth-order valence-electron chi connectivity index (χ4n) is 6.98. The lowest BCUT2D eigenvalue weighted by molar-refractivity contribution is -0.148. The highest BCUT2D eigenvalue weighted by Gasteiger charge is 2.41. The van der Waals surface area contributed by atoms with Gasteiger partial charge in [0, 0.05) is 43.6 Å². The Labute approximate surface area is 302 Å². The number of Topliss-reactive ketones (excluding diaryl/α,β-unsaturated/α-hetero) is 2. The lowest BCUT2D eigenvalue weighted by atomic mass is 9.78. The molecule has 5 atom stereocenters. The van der Waals surface area contributed by atoms with Crippen molar-refractivity contribution in [1.29, 1.82) is 0 Å². The molecule has 1 amide bonds. The molecule has 8 nitrogen and oxygen atoms in total. The molecule has 5 rings (SSSR count). The first-order valence-electron chi connectivity index (χ1n) is 17.6. The van der Waals surface area contributed by atoms with Gasteiger partial charge >= 0.3 is 0 Å². The Kier molecular flexibility index (Phi) is 12.3. The summed E-state index contributed by atoms with van der Waals surface area (Å²) in [6.07, 6.45) is 1.60. The smallest absolute Gasteiger partial charge is 0.231 e. The summed E-state index contributed by atoms with van der Waals surface area (Å²) < 4.78 is 26.2. The second kappa shape index (κ2) is 16.6. The fraction of sp³-hybridized carbons (Fsp3) is 0.357. The van der Waals surface area contributed by atoms with E-state index in [1.165, 1.54) is 25.2 Å². The van der Waals surface area contributed by atoms with Gasteiger partial charge in [0.15, 0.2) is 11.6 Å². The molecule has 4 aromatic carbocycles. The maximum absolute atomic E-state index is 14.2. The molecule has 0 saturated carbocycles. The first-order valence-corrected chi connectivity index (χ1v) is 19.4. The summed E-state index contributed by atoms with van der Waals surface area (Å²) in [6, 6.07) is 33.5. The average Bonchev–Trinajstić information content (AvgIpc) is 3.13. The van der Waals surface area contributed by atoms with Gasteiger partial charge in [-0.2, -0.15) is 0 Å². The molecule has 0 unspecified atom stereocenters. The van der Waals surface area contributed by atoms with Crippen molar-refractivity contribution in [2.75, 3.05) is 17.6 Å². The molecule has 0 bridgehead atoms. The number of aliphatic hydroxyl groups is 1. The molecule has 0 aromatic heterocycles. The molecule has 9 heteroatoms. The quantitative estimate of drug-likeness (QED) is 0.132. The third kappa shape index (κ3) is 9.60. The largest absolute Gasteiger partial charge is 0.392 e. The average molecular weight is 709 g/mol. The van der Waals surface area contributed by atoms with Crippen LogP contribution in [0.3, 0.4) is 0 Å². The Hall–Kier alpha value is -4.60. The van der Waals surface area contributed by atoms with Crippen molar-refractivity contribution in [3.8, 4) is 0 Å². The van der Waals surface area contributed by atoms with Crippen LogP contribution in [-0.2, 0) is 27.8 Å². The van der Waals surface area contributed by atoms with Crippen molar-refractivity contribution >= 4 is 33.2 Å². The molecule has 51 heavy (non-hydrogen) atoms. The molecule has 1 N–H and O–H groups in total. The van der Waals surface area contributed by atoms with Gasteiger partial charge in [0.2, 0.25) is 15.9 Å². The molecule has 0 radical (unpaired) electrons. The second-order valence-electron chi connectivity index (χ2n) is 14.0. The number of ketones is 2. The van der Waals surface area contributed by atoms with Gasteiger partial charge in [0.05, 0.1) is 24.0 Å². The Bertz CT molecular complexity index is 1920. The molecule has 1 aliphatic rings. The van der Waals surface area contributed by atoms with Crippen molar-refractivity contribution in [2.45, 2.75) is 70.6 Å². The number of piperidine rings is 1. The lowest BCUT2D eigenvalue weighted by Gasteiger charge is -2.41. The van der Waals surface area contributed by atoms with E-state index in [9.17, 15) is 27.9 Å². The molecule has 1 saturated heterocycles. The van der Waals surface area contributed by atoms with Crippen molar-refractivity contribution < 1.29 is 27.9 Å². The summed E-state index contributed by atoms with van der Waals surface area (Å²) in [5.74, 6) is -2.10. The van der Waals surface area contributed by atoms with E-state index in [0.717, 1.165) is 33.7 Å². The number of hydrogen-bond acceptors (Lipinski definition) is 6. The molecule has 1 heterocycles. The Morgan fingerprint density at radius 3 is 1.92 bits per heavy atom. The number of aliphatic hydroxyl groups excluding tert-OH is 1. The topological polar surface area (TPSA) is 112 Å². The van der Waals surface area contributed by atoms with E-state index in [1.54, 1.807) is 0 Å². The van der Waals surface area contributed by atoms with Crippen LogP contribution in [0, 0.1) is 11.8 Å². The minimum atomic E-state index is -3.71. The van der Waals surface area contributed by atoms with E-state index in [1.807, 2.05) is 110 Å². The third-order valence-electron chi connectivity index (χ3n) is 10.2. The third-order valence-corrected chi connectivity index (χ3v) is 11.4. The van der Waals surface area contributed by atoms with Gasteiger partial charge in [-0.25, -0.2) is 8.42 Å². The number of anilines is 1. The number of carbonyl (C=O) groups excluding carboxylic acids is 3. The molecule has 0 aliphatic carbocycles. The number of rotatable bonds is 15. The summed E-state index contributed by atoms with van der Waals surface area (Å²) in [5.41, 5.74) is 3.54. The van der Waals surface area contributed by atoms with Crippen LogP contribution in [0.4, 0.5) is 5.69 Å². The highest BCUT2D eigenvalue weighted by atomic mass is 32.2. The summed E-state index contributed by atoms with van der Waals surface area (Å²) in [4.78, 5) is 43.7. The van der Waals surface area contributed by atoms with Crippen LogP contribution in [0.15, 0.2) is 109 Å². The van der Waals surface area contributed by atoms with Crippen molar-refractivity contribution in [2.24, 2.45) is 11.8 Å². The van der Waals surface area contributed by atoms with Gasteiger partial charge < -0.3 is 10.0 Å². The molecular formula is C42H48N2O6S. The predicted octanol–water partition coefficient (Wildman–Crippen LogP) is 7.08. The zero-order valence-electron chi connectivity index (χ0n) is 29.8. The van der Waals surface area contributed by atoms with Gasteiger partial charge in [0.25, 0.3) is 0 Å². The summed E-state index contributed by atoms with van der Waals surface area (Å²) in [7, 11) is -2.32. The normalized spacial score (nSPS) is 18.1. The zero-order chi connectivity index (χ0) is 36.7. The van der Waals surface area contributed by atoms with Crippen LogP contribution in [0.1, 0.15) is 82.9 Å². The van der Waals surface area contributed by atoms with E-state index < -0.39 is 28.0 Å². The van der Waals surface area contributed by atoms with Crippen LogP contribution < -0.4 is 4.31 Å². The van der Waals surface area contributed by atoms with E-state index >= 15 is 0 Å². The first kappa shape index (κ1) is 37.7. The molecule has 4 aromatic rings. The lowest BCUT2D eigenvalue weighted by Crippen LogP contribution is -2.51. The van der Waals surface area contributed by atoms with E-state index in [2.05, 4.69) is 0 Å². The van der Waals surface area contributed by atoms with Crippen LogP contribution in [0.25, 0.3) is 0 Å². The van der Waals surface area contributed by atoms with Gasteiger partial charge in [-0.1, -0.05) is 97.9 Å². The molecule has 0 spiro atoms. The number of sulfonamides is 1. The molecule has 268 valence electrons. The van der Waals surface area contributed by atoms with Gasteiger partial charge in [-0.3, -0.25) is 18.7 Å². The van der Waals surface area contributed by atoms with Gasteiger partial charge in [-0.05, 0) is 72.9 Å². The minimum absolute atomic E-state index is 0.00509. The monoisotopic (exact) mass is 708 g/mol. The Balaban J connectivity index is 1.44. The number of benzene rings is 4. The standard InChI is InChI=1S/C42H48N2O6S/c1-29(33-18-12-7-13-19-33)22-39(45)34-24-35(26-37(25-34)43(3)51(4,49)50)40(46)27-36(23-31-14-8-5-9-15-31)41(47)38-21-20-30(2)44(42(38)48)28-32-16-10-6-11-17-32/h5-19,24-26,29-30,36,38,41,47H,20-23,27-28H2,1-4H3/t29-,30+,36+,38-,41-/m0/s1. The van der Waals surface area contributed by atoms with E-state index in [4.69, 9.17) is 0 Å². The maximum atomic E-state index is 14.2. The molecule has 1 fully saturated rings. The highest BCUT2D eigenvalue weighted by Crippen LogP contribution is 2.34. The second-order valence-corrected chi connectivity index (χ2v) is 16.0. The SMILES string of the molecule is C[C@@H]1CC[C@@H]([C@@H](O)[C@@H](CC(=O)c2cc(C(=O)C[C@H](C)c3ccccc3)cc(N(C)S(C)(=O)=O)c2)Cc2ccccc2)C(=O)N1Cc1ccccc1. The minimum Gasteiger partial charge on any atom is -0.392 e. The van der Waals surface area contributed by atoms with Crippen LogP contribution in [0.5, 0.6) is 0 Å². The summed E-state index contributed by atoms with van der Waals surface area (Å²) >= 11 is 0. The van der Waals surface area contributed by atoms with Crippen LogP contribution in [-0.4, -0.2) is 61.3 Å². The van der Waals surface area contributed by atoms with E-state index in [-0.39, 0.29) is 59.1 Å². The van der Waals surface area contributed by atoms with E-state index in [0.29, 0.717) is 19.4 Å². The zero-order valence-corrected chi connectivity index (χ0v) is 30.6. The number of amides is 1. The number of carbonyl (C=O) groups is 3. The Morgan fingerprint density at radius 1 is 0.824 bits per heavy atom. The molecular weight excluding hydrogens is 661 g/mol. The highest BCUT2D eigenvalue weighted by molar-refractivity contribution is 7.92. The fourth-order valence-corrected chi connectivity index (χ4v) is 7.47. The van der Waals surface area contributed by atoms with Crippen molar-refractivity contribution in [3.05, 3.63) is 137 Å². The maximum Gasteiger partial charge on any atom is 0.231 e. The summed E-state index contributed by atoms with van der Waals surface area (Å²) in [6.45, 7) is 4.41. The van der Waals surface area contributed by atoms with Crippen molar-refractivity contribution in [3.63, 3.8) is 0 Å².